The van der Waals surface area contributed by atoms with E-state index in [-0.39, 0.29) is 0 Å². The predicted molar refractivity (Wildman–Crippen MR) is 70.6 cm³/mol. The second kappa shape index (κ2) is 6.24. The summed E-state index contributed by atoms with van der Waals surface area (Å²) in [5.74, 6) is 0.832. The van der Waals surface area contributed by atoms with Crippen LogP contribution in [0.5, 0.6) is 5.75 Å². The molecule has 1 atom stereocenters. The summed E-state index contributed by atoms with van der Waals surface area (Å²) in [4.78, 5) is 2.36. The Bertz CT molecular complexity index is 359. The molecule has 3 nitrogen and oxygen atoms in total. The maximum absolute atomic E-state index is 5.93. The average Bonchev–Trinajstić information content (AvgIpc) is 2.29. The zero-order valence-corrected chi connectivity index (χ0v) is 10.7. The van der Waals surface area contributed by atoms with Gasteiger partial charge in [0, 0.05) is 24.2 Å². The van der Waals surface area contributed by atoms with E-state index in [0.29, 0.717) is 17.7 Å². The molecule has 0 aromatic heterocycles. The molecule has 1 saturated heterocycles. The average molecular weight is 255 g/mol. The van der Waals surface area contributed by atoms with E-state index in [9.17, 15) is 0 Å². The molecule has 1 aliphatic heterocycles. The van der Waals surface area contributed by atoms with Crippen molar-refractivity contribution in [2.24, 2.45) is 5.73 Å². The summed E-state index contributed by atoms with van der Waals surface area (Å²) < 4.78 is 5.66. The number of benzene rings is 1. The van der Waals surface area contributed by atoms with E-state index < -0.39 is 0 Å². The minimum atomic E-state index is 0.329. The van der Waals surface area contributed by atoms with Gasteiger partial charge in [-0.05, 0) is 37.6 Å². The molecule has 2 rings (SSSR count). The lowest BCUT2D eigenvalue weighted by atomic mass is 10.1. The number of nitrogens with zero attached hydrogens (tertiary/aromatic N) is 1. The Morgan fingerprint density at radius 2 is 2.35 bits per heavy atom. The molecule has 0 bridgehead atoms. The maximum Gasteiger partial charge on any atom is 0.120 e. The van der Waals surface area contributed by atoms with Gasteiger partial charge in [-0.25, -0.2) is 0 Å². The number of hydrogen-bond acceptors (Lipinski definition) is 3. The molecule has 0 amide bonds. The number of likely N-dealkylation sites (tertiary alicyclic amines) is 1. The van der Waals surface area contributed by atoms with Gasteiger partial charge >= 0.3 is 0 Å². The van der Waals surface area contributed by atoms with Crippen molar-refractivity contribution < 1.29 is 4.74 Å². The van der Waals surface area contributed by atoms with Crippen LogP contribution in [-0.2, 0) is 0 Å². The van der Waals surface area contributed by atoms with Crippen molar-refractivity contribution in [3.8, 4) is 5.75 Å². The number of ether oxygens (including phenoxy) is 1. The second-order valence-electron chi connectivity index (χ2n) is 4.51. The number of rotatable bonds is 4. The first-order valence-electron chi connectivity index (χ1n) is 6.10. The number of hydrogen-bond donors (Lipinski definition) is 1. The van der Waals surface area contributed by atoms with E-state index >= 15 is 0 Å². The van der Waals surface area contributed by atoms with Crippen molar-refractivity contribution in [3.63, 3.8) is 0 Å². The first-order chi connectivity index (χ1) is 8.24. The van der Waals surface area contributed by atoms with Crippen LogP contribution in [0.2, 0.25) is 5.02 Å². The lowest BCUT2D eigenvalue weighted by molar-refractivity contribution is 0.171. The molecule has 1 unspecified atom stereocenters. The molecule has 1 fully saturated rings. The Morgan fingerprint density at radius 3 is 3.12 bits per heavy atom. The zero-order valence-electron chi connectivity index (χ0n) is 9.94. The summed E-state index contributed by atoms with van der Waals surface area (Å²) in [5.41, 5.74) is 5.93. The first-order valence-corrected chi connectivity index (χ1v) is 6.48. The minimum Gasteiger partial charge on any atom is -0.492 e. The minimum absolute atomic E-state index is 0.329. The van der Waals surface area contributed by atoms with E-state index in [4.69, 9.17) is 22.1 Å². The summed E-state index contributed by atoms with van der Waals surface area (Å²) in [6.07, 6.45) is 2.34. The van der Waals surface area contributed by atoms with E-state index in [2.05, 4.69) is 4.90 Å². The van der Waals surface area contributed by atoms with Gasteiger partial charge in [0.25, 0.3) is 0 Å². The summed E-state index contributed by atoms with van der Waals surface area (Å²) in [5, 5.41) is 0.711. The van der Waals surface area contributed by atoms with Crippen molar-refractivity contribution in [1.82, 2.24) is 4.90 Å². The third-order valence-electron chi connectivity index (χ3n) is 3.01. The highest BCUT2D eigenvalue weighted by molar-refractivity contribution is 6.30. The second-order valence-corrected chi connectivity index (χ2v) is 4.95. The monoisotopic (exact) mass is 254 g/mol. The van der Waals surface area contributed by atoms with Crippen molar-refractivity contribution in [2.45, 2.75) is 18.9 Å². The molecule has 2 N–H and O–H groups in total. The largest absolute Gasteiger partial charge is 0.492 e. The molecule has 0 aliphatic carbocycles. The van der Waals surface area contributed by atoms with E-state index in [1.807, 2.05) is 24.3 Å². The highest BCUT2D eigenvalue weighted by atomic mass is 35.5. The van der Waals surface area contributed by atoms with Gasteiger partial charge in [-0.2, -0.15) is 0 Å². The fraction of sp³-hybridized carbons (Fsp3) is 0.538. The highest BCUT2D eigenvalue weighted by Gasteiger charge is 2.15. The van der Waals surface area contributed by atoms with Crippen molar-refractivity contribution in [2.75, 3.05) is 26.2 Å². The van der Waals surface area contributed by atoms with Gasteiger partial charge in [0.05, 0.1) is 0 Å². The van der Waals surface area contributed by atoms with Gasteiger partial charge in [0.2, 0.25) is 0 Å². The third kappa shape index (κ3) is 4.19. The topological polar surface area (TPSA) is 38.5 Å². The van der Waals surface area contributed by atoms with Gasteiger partial charge in [-0.3, -0.25) is 4.90 Å². The standard InChI is InChI=1S/C13H19ClN2O/c14-11-3-1-5-13(9-11)17-8-7-16-6-2-4-12(15)10-16/h1,3,5,9,12H,2,4,6-8,10,15H2. The molecule has 0 radical (unpaired) electrons. The maximum atomic E-state index is 5.93. The summed E-state index contributed by atoms with van der Waals surface area (Å²) in [7, 11) is 0. The smallest absolute Gasteiger partial charge is 0.120 e. The SMILES string of the molecule is NC1CCCN(CCOc2cccc(Cl)c2)C1. The fourth-order valence-corrected chi connectivity index (χ4v) is 2.32. The van der Waals surface area contributed by atoms with Crippen LogP contribution in [0, 0.1) is 0 Å². The first kappa shape index (κ1) is 12.7. The summed E-state index contributed by atoms with van der Waals surface area (Å²) in [6, 6.07) is 7.83. The summed E-state index contributed by atoms with van der Waals surface area (Å²) >= 11 is 5.88. The van der Waals surface area contributed by atoms with Gasteiger partial charge < -0.3 is 10.5 Å². The van der Waals surface area contributed by atoms with Crippen LogP contribution >= 0.6 is 11.6 Å². The molecule has 17 heavy (non-hydrogen) atoms. The van der Waals surface area contributed by atoms with Gasteiger partial charge in [0.1, 0.15) is 12.4 Å². The van der Waals surface area contributed by atoms with Gasteiger partial charge in [-0.15, -0.1) is 0 Å². The zero-order chi connectivity index (χ0) is 12.1. The molecule has 94 valence electrons. The van der Waals surface area contributed by atoms with Crippen LogP contribution < -0.4 is 10.5 Å². The molecule has 1 aliphatic rings. The molecular weight excluding hydrogens is 236 g/mol. The van der Waals surface area contributed by atoms with Crippen LogP contribution in [0.1, 0.15) is 12.8 Å². The molecule has 0 saturated carbocycles. The highest BCUT2D eigenvalue weighted by Crippen LogP contribution is 2.17. The van der Waals surface area contributed by atoms with Crippen LogP contribution in [0.3, 0.4) is 0 Å². The van der Waals surface area contributed by atoms with Crippen LogP contribution in [-0.4, -0.2) is 37.2 Å². The lowest BCUT2D eigenvalue weighted by Gasteiger charge is -2.30. The number of nitrogens with two attached hydrogens (primary N) is 1. The van der Waals surface area contributed by atoms with Crippen LogP contribution in [0.15, 0.2) is 24.3 Å². The number of piperidine rings is 1. The van der Waals surface area contributed by atoms with E-state index in [0.717, 1.165) is 31.8 Å². The Balaban J connectivity index is 1.72. The van der Waals surface area contributed by atoms with Crippen LogP contribution in [0.4, 0.5) is 0 Å². The third-order valence-corrected chi connectivity index (χ3v) is 3.25. The number of halogens is 1. The van der Waals surface area contributed by atoms with Crippen molar-refractivity contribution in [1.29, 1.82) is 0 Å². The molecule has 1 aromatic carbocycles. The van der Waals surface area contributed by atoms with E-state index in [1.54, 1.807) is 0 Å². The van der Waals surface area contributed by atoms with Crippen molar-refractivity contribution >= 4 is 11.6 Å². The normalized spacial score (nSPS) is 21.4. The Hall–Kier alpha value is -0.770. The van der Waals surface area contributed by atoms with E-state index in [1.165, 1.54) is 6.42 Å². The summed E-state index contributed by atoms with van der Waals surface area (Å²) in [6.45, 7) is 3.73. The van der Waals surface area contributed by atoms with Gasteiger partial charge in [0.15, 0.2) is 0 Å². The quantitative estimate of drug-likeness (QED) is 0.895. The van der Waals surface area contributed by atoms with Gasteiger partial charge in [-0.1, -0.05) is 17.7 Å². The molecule has 4 heteroatoms. The molecular formula is C13H19ClN2O. The lowest BCUT2D eigenvalue weighted by Crippen LogP contribution is -2.44. The fourth-order valence-electron chi connectivity index (χ4n) is 2.14. The molecule has 0 spiro atoms. The predicted octanol–water partition coefficient (Wildman–Crippen LogP) is 2.14. The Kier molecular flexibility index (Phi) is 4.66. The molecule has 1 aromatic rings. The molecule has 1 heterocycles. The van der Waals surface area contributed by atoms with Crippen molar-refractivity contribution in [3.05, 3.63) is 29.3 Å². The Labute approximate surface area is 107 Å². The Morgan fingerprint density at radius 1 is 1.47 bits per heavy atom. The van der Waals surface area contributed by atoms with Crippen LogP contribution in [0.25, 0.3) is 0 Å².